The molecule has 1 heterocycles. The van der Waals surface area contributed by atoms with Crippen molar-refractivity contribution in [1.82, 2.24) is 10.3 Å². The van der Waals surface area contributed by atoms with Crippen LogP contribution >= 0.6 is 23.1 Å². The van der Waals surface area contributed by atoms with Crippen molar-refractivity contribution in [3.05, 3.63) is 45.0 Å². The third kappa shape index (κ3) is 6.04. The summed E-state index contributed by atoms with van der Waals surface area (Å²) in [6.07, 6.45) is 0.749. The van der Waals surface area contributed by atoms with E-state index in [9.17, 15) is 19.7 Å². The number of benzene rings is 1. The van der Waals surface area contributed by atoms with Crippen LogP contribution in [0.3, 0.4) is 0 Å². The van der Waals surface area contributed by atoms with Gasteiger partial charge in [-0.2, -0.15) is 0 Å². The van der Waals surface area contributed by atoms with E-state index < -0.39 is 23.4 Å². The summed E-state index contributed by atoms with van der Waals surface area (Å²) in [6.45, 7) is 5.16. The first-order chi connectivity index (χ1) is 12.8. The molecule has 27 heavy (non-hydrogen) atoms. The monoisotopic (exact) mass is 409 g/mol. The average Bonchev–Trinajstić information content (AvgIpc) is 3.04. The SMILES string of the molecule is CC[C@H](C)NC(=O)COC(=O)c1cc([N+](=O)[O-])ccc1Sc1nc(C)cs1. The number of hydrogen-bond donors (Lipinski definition) is 1. The average molecular weight is 409 g/mol. The normalized spacial score (nSPS) is 11.7. The van der Waals surface area contributed by atoms with E-state index in [1.165, 1.54) is 35.2 Å². The molecular formula is C17H19N3O5S2. The number of rotatable bonds is 8. The highest BCUT2D eigenvalue weighted by Crippen LogP contribution is 2.34. The second-order valence-corrected chi connectivity index (χ2v) is 7.89. The highest BCUT2D eigenvalue weighted by molar-refractivity contribution is 8.01. The topological polar surface area (TPSA) is 111 Å². The number of nitro benzene ring substituents is 1. The number of nitrogens with zero attached hydrogens (tertiary/aromatic N) is 2. The molecular weight excluding hydrogens is 390 g/mol. The van der Waals surface area contributed by atoms with E-state index in [0.717, 1.165) is 18.2 Å². The van der Waals surface area contributed by atoms with E-state index in [1.807, 2.05) is 26.2 Å². The van der Waals surface area contributed by atoms with Crippen molar-refractivity contribution in [2.45, 2.75) is 42.5 Å². The third-order valence-electron chi connectivity index (χ3n) is 3.54. The van der Waals surface area contributed by atoms with Gasteiger partial charge < -0.3 is 10.1 Å². The highest BCUT2D eigenvalue weighted by Gasteiger charge is 2.20. The van der Waals surface area contributed by atoms with Gasteiger partial charge in [0.05, 0.1) is 10.5 Å². The van der Waals surface area contributed by atoms with Crippen molar-refractivity contribution in [2.75, 3.05) is 6.61 Å². The van der Waals surface area contributed by atoms with Gasteiger partial charge in [-0.15, -0.1) is 11.3 Å². The van der Waals surface area contributed by atoms with Crippen LogP contribution in [0.1, 0.15) is 36.3 Å². The number of nitro groups is 1. The number of non-ortho nitro benzene ring substituents is 1. The minimum absolute atomic E-state index is 0.0263. The molecule has 0 bridgehead atoms. The maximum absolute atomic E-state index is 12.4. The first-order valence-electron chi connectivity index (χ1n) is 8.15. The minimum atomic E-state index is -0.797. The van der Waals surface area contributed by atoms with Gasteiger partial charge in [-0.25, -0.2) is 9.78 Å². The fourth-order valence-electron chi connectivity index (χ4n) is 1.98. The molecule has 2 rings (SSSR count). The van der Waals surface area contributed by atoms with E-state index >= 15 is 0 Å². The van der Waals surface area contributed by atoms with E-state index in [2.05, 4.69) is 10.3 Å². The van der Waals surface area contributed by atoms with Gasteiger partial charge in [0, 0.05) is 34.1 Å². The molecule has 1 atom stereocenters. The Bertz CT molecular complexity index is 853. The molecule has 0 aliphatic heterocycles. The van der Waals surface area contributed by atoms with E-state index in [-0.39, 0.29) is 17.3 Å². The van der Waals surface area contributed by atoms with Crippen LogP contribution in [-0.2, 0) is 9.53 Å². The Hall–Kier alpha value is -2.46. The maximum Gasteiger partial charge on any atom is 0.340 e. The molecule has 0 unspecified atom stereocenters. The molecule has 0 saturated heterocycles. The molecule has 144 valence electrons. The van der Waals surface area contributed by atoms with E-state index in [4.69, 9.17) is 4.74 Å². The molecule has 0 radical (unpaired) electrons. The third-order valence-corrected chi connectivity index (χ3v) is 5.68. The molecule has 1 amide bonds. The number of amides is 1. The van der Waals surface area contributed by atoms with Crippen LogP contribution in [-0.4, -0.2) is 34.4 Å². The number of thiazole rings is 1. The standard InChI is InChI=1S/C17H19N3O5S2/c1-4-10(2)18-15(21)8-25-16(22)13-7-12(20(23)24)5-6-14(13)27-17-19-11(3)9-26-17/h5-7,9-10H,4,8H2,1-3H3,(H,18,21)/t10-/m0/s1. The zero-order valence-electron chi connectivity index (χ0n) is 15.1. The number of carbonyl (C=O) groups is 2. The fourth-order valence-corrected chi connectivity index (χ4v) is 3.87. The molecule has 8 nitrogen and oxygen atoms in total. The summed E-state index contributed by atoms with van der Waals surface area (Å²) >= 11 is 2.62. The van der Waals surface area contributed by atoms with Crippen LogP contribution in [0.4, 0.5) is 5.69 Å². The van der Waals surface area contributed by atoms with Crippen molar-refractivity contribution < 1.29 is 19.2 Å². The molecule has 0 saturated carbocycles. The first-order valence-corrected chi connectivity index (χ1v) is 9.84. The van der Waals surface area contributed by atoms with Gasteiger partial charge in [0.25, 0.3) is 11.6 Å². The Kier molecular flexibility index (Phi) is 7.31. The van der Waals surface area contributed by atoms with Gasteiger partial charge in [0.1, 0.15) is 0 Å². The number of esters is 1. The molecule has 2 aromatic rings. The smallest absolute Gasteiger partial charge is 0.340 e. The summed E-state index contributed by atoms with van der Waals surface area (Å²) in [5, 5.41) is 15.6. The number of aryl methyl sites for hydroxylation is 1. The largest absolute Gasteiger partial charge is 0.452 e. The number of ether oxygens (including phenoxy) is 1. The lowest BCUT2D eigenvalue weighted by Crippen LogP contribution is -2.35. The second kappa shape index (κ2) is 9.47. The van der Waals surface area contributed by atoms with Gasteiger partial charge in [0.15, 0.2) is 10.9 Å². The predicted molar refractivity (Wildman–Crippen MR) is 102 cm³/mol. The summed E-state index contributed by atoms with van der Waals surface area (Å²) in [7, 11) is 0. The Morgan fingerprint density at radius 3 is 2.78 bits per heavy atom. The van der Waals surface area contributed by atoms with Crippen LogP contribution in [0.25, 0.3) is 0 Å². The summed E-state index contributed by atoms with van der Waals surface area (Å²) in [4.78, 5) is 39.5. The first kappa shape index (κ1) is 20.8. The van der Waals surface area contributed by atoms with Crippen LogP contribution in [0.15, 0.2) is 32.8 Å². The molecule has 1 N–H and O–H groups in total. The lowest BCUT2D eigenvalue weighted by molar-refractivity contribution is -0.384. The van der Waals surface area contributed by atoms with E-state index in [0.29, 0.717) is 9.24 Å². The summed E-state index contributed by atoms with van der Waals surface area (Å²) in [6, 6.07) is 3.91. The molecule has 1 aromatic carbocycles. The van der Waals surface area contributed by atoms with Crippen LogP contribution in [0, 0.1) is 17.0 Å². The lowest BCUT2D eigenvalue weighted by Gasteiger charge is -2.12. The number of aromatic nitrogens is 1. The predicted octanol–water partition coefficient (Wildman–Crippen LogP) is 3.58. The molecule has 10 heteroatoms. The van der Waals surface area contributed by atoms with Crippen molar-refractivity contribution in [3.8, 4) is 0 Å². The van der Waals surface area contributed by atoms with Crippen LogP contribution in [0.2, 0.25) is 0 Å². The van der Waals surface area contributed by atoms with Gasteiger partial charge >= 0.3 is 5.97 Å². The molecule has 0 spiro atoms. The summed E-state index contributed by atoms with van der Waals surface area (Å²) < 4.78 is 5.75. The maximum atomic E-state index is 12.4. The van der Waals surface area contributed by atoms with Crippen LogP contribution < -0.4 is 5.32 Å². The fraction of sp³-hybridized carbons (Fsp3) is 0.353. The van der Waals surface area contributed by atoms with Crippen molar-refractivity contribution in [3.63, 3.8) is 0 Å². The zero-order chi connectivity index (χ0) is 20.0. The van der Waals surface area contributed by atoms with Gasteiger partial charge in [0.2, 0.25) is 0 Å². The summed E-state index contributed by atoms with van der Waals surface area (Å²) in [5.74, 6) is -1.22. The highest BCUT2D eigenvalue weighted by atomic mass is 32.2. The van der Waals surface area contributed by atoms with E-state index in [1.54, 1.807) is 0 Å². The second-order valence-electron chi connectivity index (χ2n) is 5.75. The van der Waals surface area contributed by atoms with Gasteiger partial charge in [-0.05, 0) is 26.3 Å². The number of nitrogens with one attached hydrogen (secondary N) is 1. The lowest BCUT2D eigenvalue weighted by atomic mass is 10.2. The molecule has 0 fully saturated rings. The molecule has 0 aliphatic carbocycles. The number of hydrogen-bond acceptors (Lipinski definition) is 8. The summed E-state index contributed by atoms with van der Waals surface area (Å²) in [5.41, 5.74) is 0.638. The Morgan fingerprint density at radius 1 is 1.44 bits per heavy atom. The Morgan fingerprint density at radius 2 is 2.19 bits per heavy atom. The Labute approximate surface area is 164 Å². The van der Waals surface area contributed by atoms with Crippen LogP contribution in [0.5, 0.6) is 0 Å². The molecule has 1 aromatic heterocycles. The minimum Gasteiger partial charge on any atom is -0.452 e. The van der Waals surface area contributed by atoms with Crippen molar-refractivity contribution in [1.29, 1.82) is 0 Å². The van der Waals surface area contributed by atoms with Gasteiger partial charge in [-0.3, -0.25) is 14.9 Å². The quantitative estimate of drug-likeness (QED) is 0.403. The Balaban J connectivity index is 2.18. The zero-order valence-corrected chi connectivity index (χ0v) is 16.7. The number of carbonyl (C=O) groups excluding carboxylic acids is 2. The molecule has 0 aliphatic rings. The van der Waals surface area contributed by atoms with Crippen molar-refractivity contribution >= 4 is 40.7 Å². The van der Waals surface area contributed by atoms with Crippen molar-refractivity contribution in [2.24, 2.45) is 0 Å². The van der Waals surface area contributed by atoms with Gasteiger partial charge in [-0.1, -0.05) is 18.7 Å².